The maximum Gasteiger partial charge on any atom is 0.226 e. The highest BCUT2D eigenvalue weighted by Gasteiger charge is 2.26. The predicted molar refractivity (Wildman–Crippen MR) is 92.6 cm³/mol. The average molecular weight is 329 g/mol. The van der Waals surface area contributed by atoms with Gasteiger partial charge in [0.15, 0.2) is 6.29 Å². The van der Waals surface area contributed by atoms with E-state index in [0.29, 0.717) is 19.0 Å². The van der Waals surface area contributed by atoms with Crippen LogP contribution in [0.15, 0.2) is 18.2 Å². The molecule has 1 aliphatic rings. The van der Waals surface area contributed by atoms with Gasteiger partial charge >= 0.3 is 0 Å². The van der Waals surface area contributed by atoms with E-state index >= 15 is 0 Å². The van der Waals surface area contributed by atoms with Crippen LogP contribution in [0.3, 0.4) is 0 Å². The summed E-state index contributed by atoms with van der Waals surface area (Å²) in [6.07, 6.45) is 0.954. The highest BCUT2D eigenvalue weighted by Crippen LogP contribution is 2.19. The maximum atomic E-state index is 11.8. The molecular weight excluding hydrogens is 306 g/mol. The third kappa shape index (κ3) is 3.63. The van der Waals surface area contributed by atoms with Gasteiger partial charge in [0.2, 0.25) is 11.9 Å². The predicted octanol–water partition coefficient (Wildman–Crippen LogP) is 1.32. The summed E-state index contributed by atoms with van der Waals surface area (Å²) in [5.41, 5.74) is 3.06. The van der Waals surface area contributed by atoms with Gasteiger partial charge in [-0.2, -0.15) is 0 Å². The van der Waals surface area contributed by atoms with Crippen molar-refractivity contribution in [1.29, 1.82) is 0 Å². The lowest BCUT2D eigenvalue weighted by Gasteiger charge is -2.31. The fraction of sp³-hybridized carbons (Fsp3) is 0.471. The van der Waals surface area contributed by atoms with Crippen molar-refractivity contribution in [2.45, 2.75) is 39.0 Å². The second-order valence-electron chi connectivity index (χ2n) is 6.01. The number of methoxy groups -OCH3 is 1. The highest BCUT2D eigenvalue weighted by atomic mass is 16.5. The Morgan fingerprint density at radius 2 is 2.21 bits per heavy atom. The van der Waals surface area contributed by atoms with E-state index in [1.165, 1.54) is 5.56 Å². The second kappa shape index (κ2) is 7.11. The number of rotatable bonds is 5. The van der Waals surface area contributed by atoms with Gasteiger partial charge in [-0.1, -0.05) is 13.0 Å². The van der Waals surface area contributed by atoms with E-state index in [-0.39, 0.29) is 11.9 Å². The van der Waals surface area contributed by atoms with Gasteiger partial charge in [0.1, 0.15) is 0 Å². The Bertz CT molecular complexity index is 749. The van der Waals surface area contributed by atoms with E-state index in [1.807, 2.05) is 13.0 Å². The molecule has 1 aliphatic heterocycles. The lowest BCUT2D eigenvalue weighted by molar-refractivity contribution is -0.124. The minimum atomic E-state index is -0.418. The van der Waals surface area contributed by atoms with Gasteiger partial charge in [-0.25, -0.2) is 9.97 Å². The lowest BCUT2D eigenvalue weighted by Crippen LogP contribution is -2.61. The number of carbonyl (C=O) groups excluding carboxylic acids is 1. The Balaban J connectivity index is 1.81. The summed E-state index contributed by atoms with van der Waals surface area (Å²) >= 11 is 0. The quantitative estimate of drug-likeness (QED) is 0.767. The normalized spacial score (nSPS) is 20.9. The molecule has 0 bridgehead atoms. The molecule has 0 radical (unpaired) electrons. The monoisotopic (exact) mass is 329 g/mol. The van der Waals surface area contributed by atoms with Gasteiger partial charge in [0.25, 0.3) is 0 Å². The van der Waals surface area contributed by atoms with E-state index in [9.17, 15) is 4.79 Å². The summed E-state index contributed by atoms with van der Waals surface area (Å²) in [5, 5.41) is 10.3. The van der Waals surface area contributed by atoms with Crippen LogP contribution in [-0.2, 0) is 16.0 Å². The van der Waals surface area contributed by atoms with E-state index in [1.54, 1.807) is 7.11 Å². The lowest BCUT2D eigenvalue weighted by atomic mass is 10.1. The van der Waals surface area contributed by atoms with Crippen molar-refractivity contribution in [1.82, 2.24) is 20.6 Å². The minimum absolute atomic E-state index is 0.0293. The third-order valence-corrected chi connectivity index (χ3v) is 4.14. The molecule has 0 spiro atoms. The maximum absolute atomic E-state index is 11.8. The van der Waals surface area contributed by atoms with Crippen molar-refractivity contribution >= 4 is 22.8 Å². The molecule has 7 nitrogen and oxygen atoms in total. The summed E-state index contributed by atoms with van der Waals surface area (Å²) in [5.74, 6) is 0.457. The standard InChI is InChI=1S/C17H23N5O2/c1-4-11-5-6-14-13(7-11)10(2)18-16(20-14)22-17-19-12(9-24-3)8-15(23)21-17/h5-7,12,17,19H,4,8-9H2,1-3H3,(H,21,23)(H,18,20,22). The number of anilines is 1. The Labute approximate surface area is 141 Å². The zero-order chi connectivity index (χ0) is 17.1. The molecule has 128 valence electrons. The SMILES string of the molecule is CCc1ccc2nc(NC3NC(=O)CC(COC)N3)nc(C)c2c1. The molecule has 24 heavy (non-hydrogen) atoms. The summed E-state index contributed by atoms with van der Waals surface area (Å²) < 4.78 is 5.13. The smallest absolute Gasteiger partial charge is 0.226 e. The van der Waals surface area contributed by atoms with Crippen LogP contribution in [0.4, 0.5) is 5.95 Å². The molecule has 2 aromatic rings. The zero-order valence-corrected chi connectivity index (χ0v) is 14.2. The fourth-order valence-electron chi connectivity index (χ4n) is 2.91. The van der Waals surface area contributed by atoms with Crippen LogP contribution >= 0.6 is 0 Å². The molecule has 3 rings (SSSR count). The average Bonchev–Trinajstić information content (AvgIpc) is 2.54. The molecule has 1 fully saturated rings. The minimum Gasteiger partial charge on any atom is -0.383 e. The largest absolute Gasteiger partial charge is 0.383 e. The van der Waals surface area contributed by atoms with Crippen molar-refractivity contribution in [3.05, 3.63) is 29.5 Å². The number of carbonyl (C=O) groups is 1. The van der Waals surface area contributed by atoms with E-state index < -0.39 is 6.29 Å². The molecule has 0 saturated carbocycles. The van der Waals surface area contributed by atoms with Crippen LogP contribution in [0, 0.1) is 6.92 Å². The van der Waals surface area contributed by atoms with Crippen LogP contribution in [0.2, 0.25) is 0 Å². The van der Waals surface area contributed by atoms with Gasteiger partial charge in [0.05, 0.1) is 17.8 Å². The molecule has 2 atom stereocenters. The topological polar surface area (TPSA) is 88.2 Å². The molecule has 2 unspecified atom stereocenters. The van der Waals surface area contributed by atoms with Crippen LogP contribution in [0.5, 0.6) is 0 Å². The van der Waals surface area contributed by atoms with Crippen LogP contribution in [0.1, 0.15) is 24.6 Å². The Hall–Kier alpha value is -2.25. The molecule has 0 aliphatic carbocycles. The molecule has 1 aromatic carbocycles. The molecule has 1 aromatic heterocycles. The number of aromatic nitrogens is 2. The zero-order valence-electron chi connectivity index (χ0n) is 14.2. The summed E-state index contributed by atoms with van der Waals surface area (Å²) in [4.78, 5) is 20.9. The van der Waals surface area contributed by atoms with Gasteiger partial charge in [-0.15, -0.1) is 0 Å². The summed E-state index contributed by atoms with van der Waals surface area (Å²) in [7, 11) is 1.62. The van der Waals surface area contributed by atoms with Crippen molar-refractivity contribution in [2.75, 3.05) is 19.0 Å². The molecule has 3 N–H and O–H groups in total. The number of hydrogen-bond donors (Lipinski definition) is 3. The number of amides is 1. The highest BCUT2D eigenvalue weighted by molar-refractivity contribution is 5.82. The number of aryl methyl sites for hydroxylation is 2. The molecule has 1 amide bonds. The summed E-state index contributed by atoms with van der Waals surface area (Å²) in [6, 6.07) is 6.18. The first-order valence-electron chi connectivity index (χ1n) is 8.17. The number of nitrogens with zero attached hydrogens (tertiary/aromatic N) is 2. The van der Waals surface area contributed by atoms with Crippen molar-refractivity contribution in [3.8, 4) is 0 Å². The molecule has 7 heteroatoms. The summed E-state index contributed by atoms with van der Waals surface area (Å²) in [6.45, 7) is 4.57. The van der Waals surface area contributed by atoms with Gasteiger partial charge in [0, 0.05) is 25.0 Å². The van der Waals surface area contributed by atoms with E-state index in [0.717, 1.165) is 23.0 Å². The van der Waals surface area contributed by atoms with Crippen molar-refractivity contribution in [2.24, 2.45) is 0 Å². The first-order valence-corrected chi connectivity index (χ1v) is 8.17. The first-order chi connectivity index (χ1) is 11.6. The van der Waals surface area contributed by atoms with Gasteiger partial charge in [-0.3, -0.25) is 10.1 Å². The molecular formula is C17H23N5O2. The fourth-order valence-corrected chi connectivity index (χ4v) is 2.91. The third-order valence-electron chi connectivity index (χ3n) is 4.14. The first kappa shape index (κ1) is 16.6. The van der Waals surface area contributed by atoms with Crippen molar-refractivity contribution < 1.29 is 9.53 Å². The van der Waals surface area contributed by atoms with Crippen LogP contribution in [0.25, 0.3) is 10.9 Å². The Kier molecular flexibility index (Phi) is 4.92. The number of hydrogen-bond acceptors (Lipinski definition) is 6. The van der Waals surface area contributed by atoms with Crippen molar-refractivity contribution in [3.63, 3.8) is 0 Å². The Morgan fingerprint density at radius 1 is 1.38 bits per heavy atom. The number of ether oxygens (including phenoxy) is 1. The van der Waals surface area contributed by atoms with Crippen LogP contribution < -0.4 is 16.0 Å². The Morgan fingerprint density at radius 3 is 2.96 bits per heavy atom. The molecule has 1 saturated heterocycles. The number of benzene rings is 1. The van der Waals surface area contributed by atoms with Gasteiger partial charge in [-0.05, 0) is 31.0 Å². The van der Waals surface area contributed by atoms with Gasteiger partial charge < -0.3 is 15.4 Å². The number of fused-ring (bicyclic) bond motifs is 1. The van der Waals surface area contributed by atoms with E-state index in [4.69, 9.17) is 4.74 Å². The number of nitrogens with one attached hydrogen (secondary N) is 3. The molecule has 2 heterocycles. The van der Waals surface area contributed by atoms with Crippen LogP contribution in [-0.4, -0.2) is 41.9 Å². The second-order valence-corrected chi connectivity index (χ2v) is 6.01. The van der Waals surface area contributed by atoms with E-state index in [2.05, 4.69) is 45.0 Å².